The fourth-order valence-corrected chi connectivity index (χ4v) is 4.41. The standard InChI is InChI=1S/C16H27N3O4S/c1-21-16-4-3-12(22-8-7-20)9-13(16)19(6-5-16)10-15-17-14(11-24-2)18-23-15/h12-13,20H,3-11H2,1-2H3/t12-,13+,16-/m0/s1. The van der Waals surface area contributed by atoms with Crippen LogP contribution in [0.2, 0.25) is 0 Å². The number of fused-ring (bicyclic) bond motifs is 1. The van der Waals surface area contributed by atoms with E-state index in [1.165, 1.54) is 0 Å². The molecule has 2 heterocycles. The molecule has 1 aromatic rings. The van der Waals surface area contributed by atoms with Crippen LogP contribution >= 0.6 is 11.8 Å². The predicted molar refractivity (Wildman–Crippen MR) is 90.7 cm³/mol. The fraction of sp³-hybridized carbons (Fsp3) is 0.875. The maximum Gasteiger partial charge on any atom is 0.240 e. The van der Waals surface area contributed by atoms with E-state index in [2.05, 4.69) is 15.0 Å². The SMILES string of the molecule is CO[C@]12CC[C@H](OCCO)C[C@H]1N(Cc1nc(CSC)no1)CC2. The van der Waals surface area contributed by atoms with Crippen molar-refractivity contribution in [2.45, 2.75) is 55.7 Å². The van der Waals surface area contributed by atoms with Crippen molar-refractivity contribution < 1.29 is 19.1 Å². The minimum absolute atomic E-state index is 0.0699. The summed E-state index contributed by atoms with van der Waals surface area (Å²) in [6, 6.07) is 0.288. The number of aliphatic hydroxyl groups is 1. The number of nitrogens with zero attached hydrogens (tertiary/aromatic N) is 3. The highest BCUT2D eigenvalue weighted by atomic mass is 32.2. The normalized spacial score (nSPS) is 30.6. The number of aliphatic hydroxyl groups excluding tert-OH is 1. The molecule has 2 aliphatic rings. The molecule has 0 amide bonds. The summed E-state index contributed by atoms with van der Waals surface area (Å²) in [5.74, 6) is 2.19. The summed E-state index contributed by atoms with van der Waals surface area (Å²) in [6.45, 7) is 2.09. The van der Waals surface area contributed by atoms with Gasteiger partial charge < -0.3 is 19.1 Å². The van der Waals surface area contributed by atoms with Crippen LogP contribution in [0.25, 0.3) is 0 Å². The molecule has 1 aliphatic carbocycles. The lowest BCUT2D eigenvalue weighted by Crippen LogP contribution is -2.51. The molecule has 2 fully saturated rings. The first-order valence-corrected chi connectivity index (χ1v) is 9.92. The van der Waals surface area contributed by atoms with Gasteiger partial charge in [-0.1, -0.05) is 5.16 Å². The minimum Gasteiger partial charge on any atom is -0.394 e. The molecule has 0 unspecified atom stereocenters. The molecule has 1 saturated heterocycles. The van der Waals surface area contributed by atoms with Crippen molar-refractivity contribution >= 4 is 11.8 Å². The van der Waals surface area contributed by atoms with E-state index < -0.39 is 0 Å². The van der Waals surface area contributed by atoms with Gasteiger partial charge in [0.1, 0.15) is 0 Å². The Morgan fingerprint density at radius 1 is 1.46 bits per heavy atom. The van der Waals surface area contributed by atoms with Crippen molar-refractivity contribution in [1.82, 2.24) is 15.0 Å². The van der Waals surface area contributed by atoms with Gasteiger partial charge >= 0.3 is 0 Å². The molecule has 24 heavy (non-hydrogen) atoms. The van der Waals surface area contributed by atoms with Crippen molar-refractivity contribution in [3.63, 3.8) is 0 Å². The largest absolute Gasteiger partial charge is 0.394 e. The average molecular weight is 357 g/mol. The summed E-state index contributed by atoms with van der Waals surface area (Å²) in [5.41, 5.74) is -0.0960. The van der Waals surface area contributed by atoms with Crippen LogP contribution in [-0.2, 0) is 21.8 Å². The molecule has 1 aliphatic heterocycles. The molecule has 136 valence electrons. The van der Waals surface area contributed by atoms with Crippen LogP contribution in [0, 0.1) is 0 Å². The van der Waals surface area contributed by atoms with Gasteiger partial charge in [-0.2, -0.15) is 16.7 Å². The summed E-state index contributed by atoms with van der Waals surface area (Å²) >= 11 is 1.68. The maximum atomic E-state index is 8.98. The van der Waals surface area contributed by atoms with E-state index in [0.717, 1.165) is 43.8 Å². The molecular formula is C16H27N3O4S. The number of likely N-dealkylation sites (tertiary alicyclic amines) is 1. The van der Waals surface area contributed by atoms with Gasteiger partial charge in [0.05, 0.1) is 37.2 Å². The quantitative estimate of drug-likeness (QED) is 0.749. The maximum absolute atomic E-state index is 8.98. The molecule has 1 aromatic heterocycles. The third-order valence-corrected chi connectivity index (χ3v) is 5.77. The molecule has 1 N–H and O–H groups in total. The Hall–Kier alpha value is -0.670. The van der Waals surface area contributed by atoms with Crippen molar-refractivity contribution in [3.05, 3.63) is 11.7 Å². The molecule has 3 atom stereocenters. The average Bonchev–Trinajstić information content (AvgIpc) is 3.19. The Morgan fingerprint density at radius 3 is 3.08 bits per heavy atom. The van der Waals surface area contributed by atoms with Crippen LogP contribution in [0.15, 0.2) is 4.52 Å². The molecule has 0 spiro atoms. The number of ether oxygens (including phenoxy) is 2. The molecule has 0 bridgehead atoms. The number of methoxy groups -OCH3 is 1. The van der Waals surface area contributed by atoms with Crippen LogP contribution < -0.4 is 0 Å². The van der Waals surface area contributed by atoms with E-state index in [4.69, 9.17) is 19.1 Å². The van der Waals surface area contributed by atoms with Crippen LogP contribution in [0.3, 0.4) is 0 Å². The highest BCUT2D eigenvalue weighted by molar-refractivity contribution is 7.97. The van der Waals surface area contributed by atoms with Crippen molar-refractivity contribution in [2.75, 3.05) is 33.1 Å². The number of hydrogen-bond acceptors (Lipinski definition) is 8. The Kier molecular flexibility index (Phi) is 6.15. The smallest absolute Gasteiger partial charge is 0.240 e. The van der Waals surface area contributed by atoms with Crippen molar-refractivity contribution in [3.8, 4) is 0 Å². The summed E-state index contributed by atoms with van der Waals surface area (Å²) in [4.78, 5) is 6.86. The van der Waals surface area contributed by atoms with E-state index in [-0.39, 0.29) is 24.4 Å². The van der Waals surface area contributed by atoms with E-state index in [9.17, 15) is 0 Å². The van der Waals surface area contributed by atoms with Gasteiger partial charge in [-0.25, -0.2) is 0 Å². The molecule has 0 aromatic carbocycles. The van der Waals surface area contributed by atoms with Crippen molar-refractivity contribution in [1.29, 1.82) is 0 Å². The Bertz CT molecular complexity index is 529. The lowest BCUT2D eigenvalue weighted by atomic mass is 9.79. The Morgan fingerprint density at radius 2 is 2.33 bits per heavy atom. The summed E-state index contributed by atoms with van der Waals surface area (Å²) in [5, 5.41) is 13.0. The summed E-state index contributed by atoms with van der Waals surface area (Å²) in [7, 11) is 1.81. The second-order valence-corrected chi connectivity index (χ2v) is 7.40. The van der Waals surface area contributed by atoms with Gasteiger partial charge in [0.25, 0.3) is 0 Å². The first kappa shape index (κ1) is 18.1. The number of rotatable bonds is 8. The van der Waals surface area contributed by atoms with E-state index >= 15 is 0 Å². The topological polar surface area (TPSA) is 80.9 Å². The van der Waals surface area contributed by atoms with Gasteiger partial charge in [-0.05, 0) is 31.9 Å². The number of hydrogen-bond donors (Lipinski definition) is 1. The zero-order valence-corrected chi connectivity index (χ0v) is 15.3. The second kappa shape index (κ2) is 8.14. The molecule has 7 nitrogen and oxygen atoms in total. The summed E-state index contributed by atoms with van der Waals surface area (Å²) < 4.78 is 17.1. The van der Waals surface area contributed by atoms with Crippen LogP contribution in [-0.4, -0.2) is 71.0 Å². The van der Waals surface area contributed by atoms with Gasteiger partial charge in [-0.15, -0.1) is 0 Å². The third kappa shape index (κ3) is 3.77. The zero-order chi connectivity index (χ0) is 17.0. The number of aromatic nitrogens is 2. The Balaban J connectivity index is 1.66. The molecule has 8 heteroatoms. The number of thioether (sulfide) groups is 1. The van der Waals surface area contributed by atoms with E-state index in [0.29, 0.717) is 19.0 Å². The summed E-state index contributed by atoms with van der Waals surface area (Å²) in [6.07, 6.45) is 6.12. The first-order valence-electron chi connectivity index (χ1n) is 8.53. The first-order chi connectivity index (χ1) is 11.7. The monoisotopic (exact) mass is 357 g/mol. The molecule has 0 radical (unpaired) electrons. The highest BCUT2D eigenvalue weighted by Crippen LogP contribution is 2.43. The molecule has 1 saturated carbocycles. The predicted octanol–water partition coefficient (Wildman–Crippen LogP) is 1.45. The highest BCUT2D eigenvalue weighted by Gasteiger charge is 2.51. The third-order valence-electron chi connectivity index (χ3n) is 5.22. The fourth-order valence-electron chi connectivity index (χ4n) is 4.03. The molecular weight excluding hydrogens is 330 g/mol. The lowest BCUT2D eigenvalue weighted by Gasteiger charge is -2.43. The zero-order valence-electron chi connectivity index (χ0n) is 14.4. The van der Waals surface area contributed by atoms with Crippen LogP contribution in [0.5, 0.6) is 0 Å². The Labute approximate surface area is 147 Å². The molecule has 3 rings (SSSR count). The van der Waals surface area contributed by atoms with Crippen molar-refractivity contribution in [2.24, 2.45) is 0 Å². The lowest BCUT2D eigenvalue weighted by molar-refractivity contribution is -0.105. The van der Waals surface area contributed by atoms with E-state index in [1.807, 2.05) is 13.4 Å². The van der Waals surface area contributed by atoms with Crippen LogP contribution in [0.4, 0.5) is 0 Å². The minimum atomic E-state index is -0.0960. The van der Waals surface area contributed by atoms with Gasteiger partial charge in [0.2, 0.25) is 5.89 Å². The van der Waals surface area contributed by atoms with E-state index in [1.54, 1.807) is 11.8 Å². The van der Waals surface area contributed by atoms with Crippen LogP contribution in [0.1, 0.15) is 37.4 Å². The second-order valence-electron chi connectivity index (χ2n) is 6.53. The van der Waals surface area contributed by atoms with Gasteiger partial charge in [-0.3, -0.25) is 4.90 Å². The van der Waals surface area contributed by atoms with Gasteiger partial charge in [0.15, 0.2) is 5.82 Å². The van der Waals surface area contributed by atoms with Gasteiger partial charge in [0, 0.05) is 19.7 Å².